The molecule has 1 saturated heterocycles. The van der Waals surface area contributed by atoms with Gasteiger partial charge in [0.1, 0.15) is 5.75 Å². The molecule has 2 aromatic rings. The van der Waals surface area contributed by atoms with Gasteiger partial charge in [0, 0.05) is 18.8 Å². The number of anilines is 1. The van der Waals surface area contributed by atoms with Crippen LogP contribution in [0, 0.1) is 5.92 Å². The highest BCUT2D eigenvalue weighted by Crippen LogP contribution is 2.38. The van der Waals surface area contributed by atoms with Gasteiger partial charge in [0.25, 0.3) is 0 Å². The maximum absolute atomic E-state index is 13.1. The molecule has 1 fully saturated rings. The molecule has 1 aliphatic heterocycles. The Hall–Kier alpha value is -2.80. The molecule has 192 valence electrons. The lowest BCUT2D eigenvalue weighted by Gasteiger charge is -2.31. The number of nitrogens with zero attached hydrogens (tertiary/aromatic N) is 1. The minimum Gasteiger partial charge on any atom is -0.494 e. The van der Waals surface area contributed by atoms with E-state index in [1.165, 1.54) is 24.3 Å². The molecule has 0 bridgehead atoms. The molecule has 1 unspecified atom stereocenters. The van der Waals surface area contributed by atoms with Gasteiger partial charge in [0.05, 0.1) is 28.5 Å². The number of nitrogens with one attached hydrogen (secondary N) is 1. The van der Waals surface area contributed by atoms with E-state index in [9.17, 15) is 39.6 Å². The van der Waals surface area contributed by atoms with E-state index in [2.05, 4.69) is 5.32 Å². The predicted molar refractivity (Wildman–Crippen MR) is 114 cm³/mol. The third kappa shape index (κ3) is 6.45. The van der Waals surface area contributed by atoms with Crippen molar-refractivity contribution in [3.8, 4) is 5.75 Å². The first-order chi connectivity index (χ1) is 16.2. The third-order valence-corrected chi connectivity index (χ3v) is 7.26. The Labute approximate surface area is 197 Å². The number of benzene rings is 2. The van der Waals surface area contributed by atoms with Crippen molar-refractivity contribution in [2.45, 2.75) is 37.0 Å². The van der Waals surface area contributed by atoms with Crippen LogP contribution in [-0.4, -0.2) is 38.3 Å². The first-order valence-corrected chi connectivity index (χ1v) is 12.0. The molecule has 1 heterocycles. The van der Waals surface area contributed by atoms with Crippen molar-refractivity contribution in [3.05, 3.63) is 53.6 Å². The first kappa shape index (κ1) is 26.8. The van der Waals surface area contributed by atoms with Crippen LogP contribution in [0.25, 0.3) is 0 Å². The summed E-state index contributed by atoms with van der Waals surface area (Å²) in [5.41, 5.74) is -3.81. The van der Waals surface area contributed by atoms with E-state index >= 15 is 0 Å². The van der Waals surface area contributed by atoms with Gasteiger partial charge in [-0.15, -0.1) is 0 Å². The summed E-state index contributed by atoms with van der Waals surface area (Å²) < 4.78 is 111. The Bertz CT molecular complexity index is 1130. The largest absolute Gasteiger partial charge is 0.494 e. The maximum Gasteiger partial charge on any atom is 0.416 e. The van der Waals surface area contributed by atoms with Gasteiger partial charge in [-0.1, -0.05) is 0 Å². The summed E-state index contributed by atoms with van der Waals surface area (Å²) in [6, 6.07) is 6.44. The SMILES string of the molecule is CCOc1ccc(S(=O)(=O)N2CCCC(C(=O)Nc3cc(C(F)(F)F)cc(C(F)(F)F)c3)C2)cc1. The summed E-state index contributed by atoms with van der Waals surface area (Å²) in [6.07, 6.45) is -9.63. The molecule has 0 saturated carbocycles. The number of alkyl halides is 6. The topological polar surface area (TPSA) is 75.7 Å². The minimum absolute atomic E-state index is 0.0327. The van der Waals surface area contributed by atoms with E-state index in [1.54, 1.807) is 6.92 Å². The predicted octanol–water partition coefficient (Wildman–Crippen LogP) is 5.16. The van der Waals surface area contributed by atoms with Crippen molar-refractivity contribution in [2.75, 3.05) is 25.0 Å². The van der Waals surface area contributed by atoms with Crippen molar-refractivity contribution in [1.82, 2.24) is 4.31 Å². The third-order valence-electron chi connectivity index (χ3n) is 5.38. The molecule has 35 heavy (non-hydrogen) atoms. The van der Waals surface area contributed by atoms with Crippen LogP contribution < -0.4 is 10.1 Å². The Morgan fingerprint density at radius 3 is 2.11 bits per heavy atom. The number of amides is 1. The maximum atomic E-state index is 13.1. The highest BCUT2D eigenvalue weighted by atomic mass is 32.2. The Balaban J connectivity index is 1.78. The number of carbonyl (C=O) groups is 1. The smallest absolute Gasteiger partial charge is 0.416 e. The van der Waals surface area contributed by atoms with Gasteiger partial charge in [-0.25, -0.2) is 8.42 Å². The lowest BCUT2D eigenvalue weighted by Crippen LogP contribution is -2.43. The molecule has 2 aromatic carbocycles. The molecular weight excluding hydrogens is 502 g/mol. The summed E-state index contributed by atoms with van der Waals surface area (Å²) >= 11 is 0. The highest BCUT2D eigenvalue weighted by molar-refractivity contribution is 7.89. The van der Waals surface area contributed by atoms with E-state index < -0.39 is 51.0 Å². The summed E-state index contributed by atoms with van der Waals surface area (Å²) in [4.78, 5) is 12.7. The van der Waals surface area contributed by atoms with Crippen LogP contribution in [0.3, 0.4) is 0 Å². The van der Waals surface area contributed by atoms with E-state index in [4.69, 9.17) is 4.74 Å². The summed E-state index contributed by atoms with van der Waals surface area (Å²) in [5, 5.41) is 2.09. The van der Waals surface area contributed by atoms with E-state index in [0.717, 1.165) is 4.31 Å². The fraction of sp³-hybridized carbons (Fsp3) is 0.409. The van der Waals surface area contributed by atoms with Gasteiger partial charge in [0.15, 0.2) is 0 Å². The first-order valence-electron chi connectivity index (χ1n) is 10.5. The fourth-order valence-corrected chi connectivity index (χ4v) is 5.19. The minimum atomic E-state index is -5.06. The van der Waals surface area contributed by atoms with Gasteiger partial charge < -0.3 is 10.1 Å². The van der Waals surface area contributed by atoms with Crippen LogP contribution >= 0.6 is 0 Å². The monoisotopic (exact) mass is 524 g/mol. The Morgan fingerprint density at radius 2 is 1.60 bits per heavy atom. The van der Waals surface area contributed by atoms with Crippen molar-refractivity contribution in [1.29, 1.82) is 0 Å². The fourth-order valence-electron chi connectivity index (χ4n) is 3.67. The lowest BCUT2D eigenvalue weighted by atomic mass is 9.98. The molecule has 1 amide bonds. The molecule has 0 spiro atoms. The zero-order valence-electron chi connectivity index (χ0n) is 18.4. The second kappa shape index (κ2) is 10.1. The van der Waals surface area contributed by atoms with Crippen molar-refractivity contribution in [2.24, 2.45) is 5.92 Å². The van der Waals surface area contributed by atoms with Crippen LogP contribution in [-0.2, 0) is 27.2 Å². The van der Waals surface area contributed by atoms with Crippen molar-refractivity contribution < 1.29 is 44.3 Å². The molecule has 1 N–H and O–H groups in total. The Morgan fingerprint density at radius 1 is 1.03 bits per heavy atom. The Kier molecular flexibility index (Phi) is 7.70. The number of hydrogen-bond acceptors (Lipinski definition) is 4. The molecule has 13 heteroatoms. The van der Waals surface area contributed by atoms with Crippen molar-refractivity contribution >= 4 is 21.6 Å². The molecule has 0 radical (unpaired) electrons. The second-order valence-corrected chi connectivity index (χ2v) is 9.83. The standard InChI is InChI=1S/C22H22F6N2O4S/c1-2-34-18-5-7-19(8-6-18)35(32,33)30-9-3-4-14(13-30)20(31)29-17-11-15(21(23,24)25)10-16(12-17)22(26,27)28/h5-8,10-12,14H,2-4,9,13H2,1H3,(H,29,31). The molecule has 6 nitrogen and oxygen atoms in total. The molecule has 1 atom stereocenters. The molecule has 0 aromatic heterocycles. The van der Waals surface area contributed by atoms with Crippen LogP contribution in [0.2, 0.25) is 0 Å². The normalized spacial score (nSPS) is 17.7. The number of hydrogen-bond donors (Lipinski definition) is 1. The molecule has 1 aliphatic rings. The number of ether oxygens (including phenoxy) is 1. The van der Waals surface area contributed by atoms with Crippen LogP contribution in [0.5, 0.6) is 5.75 Å². The number of rotatable bonds is 6. The summed E-state index contributed by atoms with van der Waals surface area (Å²) in [5.74, 6) is -1.36. The quantitative estimate of drug-likeness (QED) is 0.530. The van der Waals surface area contributed by atoms with Gasteiger partial charge in [-0.05, 0) is 62.2 Å². The zero-order valence-corrected chi connectivity index (χ0v) is 19.2. The molecule has 3 rings (SSSR count). The molecular formula is C22H22F6N2O4S. The van der Waals surface area contributed by atoms with Crippen LogP contribution in [0.1, 0.15) is 30.9 Å². The summed E-state index contributed by atoms with van der Waals surface area (Å²) in [6.45, 7) is 2.01. The second-order valence-electron chi connectivity index (χ2n) is 7.89. The number of carbonyl (C=O) groups excluding carboxylic acids is 1. The van der Waals surface area contributed by atoms with E-state index in [1.807, 2.05) is 0 Å². The average Bonchev–Trinajstić information content (AvgIpc) is 2.78. The zero-order chi connectivity index (χ0) is 26.0. The van der Waals surface area contributed by atoms with Crippen molar-refractivity contribution in [3.63, 3.8) is 0 Å². The average molecular weight is 524 g/mol. The van der Waals surface area contributed by atoms with Crippen LogP contribution in [0.4, 0.5) is 32.0 Å². The van der Waals surface area contributed by atoms with E-state index in [-0.39, 0.29) is 36.9 Å². The summed E-state index contributed by atoms with van der Waals surface area (Å²) in [7, 11) is -3.98. The molecule has 0 aliphatic carbocycles. The van der Waals surface area contributed by atoms with Gasteiger partial charge in [-0.2, -0.15) is 30.6 Å². The van der Waals surface area contributed by atoms with Gasteiger partial charge in [0.2, 0.25) is 15.9 Å². The van der Waals surface area contributed by atoms with Crippen LogP contribution in [0.15, 0.2) is 47.4 Å². The van der Waals surface area contributed by atoms with Gasteiger partial charge in [-0.3, -0.25) is 4.79 Å². The van der Waals surface area contributed by atoms with Gasteiger partial charge >= 0.3 is 12.4 Å². The number of sulfonamides is 1. The highest BCUT2D eigenvalue weighted by Gasteiger charge is 2.38. The number of piperidine rings is 1. The van der Waals surface area contributed by atoms with E-state index in [0.29, 0.717) is 24.5 Å². The number of halogens is 6. The lowest BCUT2D eigenvalue weighted by molar-refractivity contribution is -0.143.